The van der Waals surface area contributed by atoms with E-state index in [9.17, 15) is 9.59 Å². The number of rotatable bonds is 5. The van der Waals surface area contributed by atoms with E-state index in [1.54, 1.807) is 29.9 Å². The summed E-state index contributed by atoms with van der Waals surface area (Å²) in [6, 6.07) is 3.36. The van der Waals surface area contributed by atoms with Gasteiger partial charge in [-0.3, -0.25) is 19.1 Å². The molecule has 3 heterocycles. The van der Waals surface area contributed by atoms with Gasteiger partial charge in [0.1, 0.15) is 11.4 Å². The summed E-state index contributed by atoms with van der Waals surface area (Å²) in [5.41, 5.74) is 0.283. The highest BCUT2D eigenvalue weighted by molar-refractivity contribution is 7.16. The van der Waals surface area contributed by atoms with Crippen molar-refractivity contribution in [2.45, 2.75) is 26.5 Å². The number of aromatic nitrogens is 3. The number of carbonyl (C=O) groups is 1. The van der Waals surface area contributed by atoms with E-state index in [1.165, 1.54) is 22.2 Å². The number of ether oxygens (including phenoxy) is 1. The van der Waals surface area contributed by atoms with Crippen LogP contribution < -0.4 is 15.6 Å². The van der Waals surface area contributed by atoms with Crippen LogP contribution in [0.4, 0.5) is 5.69 Å². The molecule has 0 spiro atoms. The zero-order valence-corrected chi connectivity index (χ0v) is 14.0. The number of anilines is 1. The van der Waals surface area contributed by atoms with Crippen molar-refractivity contribution in [1.82, 2.24) is 14.5 Å². The lowest BCUT2D eigenvalue weighted by Gasteiger charge is -2.14. The topological polar surface area (TPSA) is 86.1 Å². The first-order valence-corrected chi connectivity index (χ1v) is 8.25. The minimum absolute atomic E-state index is 0.0438. The summed E-state index contributed by atoms with van der Waals surface area (Å²) in [6.07, 6.45) is 4.45. The van der Waals surface area contributed by atoms with Gasteiger partial charge in [0.2, 0.25) is 5.91 Å². The molecular formula is C16H16N4O3S. The summed E-state index contributed by atoms with van der Waals surface area (Å²) in [5.74, 6) is 0.146. The molecule has 0 aliphatic rings. The predicted octanol–water partition coefficient (Wildman–Crippen LogP) is 2.28. The summed E-state index contributed by atoms with van der Waals surface area (Å²) in [4.78, 5) is 33.4. The molecule has 1 amide bonds. The molecule has 0 radical (unpaired) electrons. The fourth-order valence-electron chi connectivity index (χ4n) is 2.18. The van der Waals surface area contributed by atoms with Crippen LogP contribution in [0.2, 0.25) is 0 Å². The first kappa shape index (κ1) is 16.1. The van der Waals surface area contributed by atoms with Crippen molar-refractivity contribution in [3.63, 3.8) is 0 Å². The molecule has 0 aromatic carbocycles. The van der Waals surface area contributed by atoms with E-state index in [4.69, 9.17) is 4.74 Å². The monoisotopic (exact) mass is 344 g/mol. The van der Waals surface area contributed by atoms with E-state index in [2.05, 4.69) is 15.3 Å². The lowest BCUT2D eigenvalue weighted by Crippen LogP contribution is -2.27. The van der Waals surface area contributed by atoms with Gasteiger partial charge in [-0.1, -0.05) is 0 Å². The summed E-state index contributed by atoms with van der Waals surface area (Å²) in [5, 5.41) is 5.06. The molecule has 0 aliphatic carbocycles. The lowest BCUT2D eigenvalue weighted by molar-refractivity contribution is -0.116. The maximum Gasteiger partial charge on any atom is 0.262 e. The molecule has 124 valence electrons. The molecule has 0 fully saturated rings. The first-order valence-electron chi connectivity index (χ1n) is 7.38. The van der Waals surface area contributed by atoms with Crippen molar-refractivity contribution in [2.75, 3.05) is 5.32 Å². The van der Waals surface area contributed by atoms with Crippen LogP contribution in [0.5, 0.6) is 5.75 Å². The third-order valence-electron chi connectivity index (χ3n) is 3.19. The molecule has 0 bridgehead atoms. The molecule has 0 saturated carbocycles. The Morgan fingerprint density at radius 2 is 2.25 bits per heavy atom. The van der Waals surface area contributed by atoms with E-state index < -0.39 is 0 Å². The highest BCUT2D eigenvalue weighted by Crippen LogP contribution is 2.23. The molecule has 8 heteroatoms. The fourth-order valence-corrected chi connectivity index (χ4v) is 2.90. The Morgan fingerprint density at radius 3 is 3.04 bits per heavy atom. The number of carbonyl (C=O) groups excluding carboxylic acids is 1. The maximum atomic E-state index is 12.3. The summed E-state index contributed by atoms with van der Waals surface area (Å²) >= 11 is 1.39. The van der Waals surface area contributed by atoms with Crippen LogP contribution in [-0.2, 0) is 11.3 Å². The van der Waals surface area contributed by atoms with Gasteiger partial charge in [0.25, 0.3) is 5.56 Å². The Labute approximate surface area is 141 Å². The van der Waals surface area contributed by atoms with Crippen LogP contribution in [-0.4, -0.2) is 26.5 Å². The lowest BCUT2D eigenvalue weighted by atomic mass is 10.3. The van der Waals surface area contributed by atoms with Crippen LogP contribution >= 0.6 is 11.3 Å². The van der Waals surface area contributed by atoms with Gasteiger partial charge in [0.05, 0.1) is 29.7 Å². The quantitative estimate of drug-likeness (QED) is 0.767. The molecule has 0 unspecified atom stereocenters. The summed E-state index contributed by atoms with van der Waals surface area (Å²) < 4.78 is 6.90. The van der Waals surface area contributed by atoms with E-state index in [0.717, 1.165) is 0 Å². The average Bonchev–Trinajstić information content (AvgIpc) is 3.01. The summed E-state index contributed by atoms with van der Waals surface area (Å²) in [6.45, 7) is 3.65. The molecule has 3 aromatic rings. The number of hydrogen-bond acceptors (Lipinski definition) is 6. The van der Waals surface area contributed by atoms with Gasteiger partial charge in [0.15, 0.2) is 5.75 Å². The molecule has 0 aliphatic heterocycles. The largest absolute Gasteiger partial charge is 0.487 e. The summed E-state index contributed by atoms with van der Waals surface area (Å²) in [7, 11) is 0. The van der Waals surface area contributed by atoms with Crippen molar-refractivity contribution in [3.8, 4) is 5.75 Å². The molecular weight excluding hydrogens is 328 g/mol. The second kappa shape index (κ2) is 6.79. The van der Waals surface area contributed by atoms with E-state index in [1.807, 2.05) is 13.8 Å². The molecule has 3 rings (SSSR count). The fraction of sp³-hybridized carbons (Fsp3) is 0.250. The first-order chi connectivity index (χ1) is 11.5. The Balaban J connectivity index is 1.78. The number of pyridine rings is 1. The van der Waals surface area contributed by atoms with Crippen LogP contribution in [0.1, 0.15) is 13.8 Å². The predicted molar refractivity (Wildman–Crippen MR) is 92.5 cm³/mol. The highest BCUT2D eigenvalue weighted by Gasteiger charge is 2.12. The van der Waals surface area contributed by atoms with Gasteiger partial charge >= 0.3 is 0 Å². The molecule has 1 N–H and O–H groups in total. The van der Waals surface area contributed by atoms with Crippen molar-refractivity contribution in [1.29, 1.82) is 0 Å². The van der Waals surface area contributed by atoms with Gasteiger partial charge in [-0.15, -0.1) is 11.3 Å². The normalized spacial score (nSPS) is 11.0. The van der Waals surface area contributed by atoms with Gasteiger partial charge < -0.3 is 10.1 Å². The number of nitrogens with one attached hydrogen (secondary N) is 1. The Morgan fingerprint density at radius 1 is 1.42 bits per heavy atom. The molecule has 0 saturated heterocycles. The molecule has 7 nitrogen and oxygen atoms in total. The number of amides is 1. The number of fused-ring (bicyclic) bond motifs is 1. The third-order valence-corrected chi connectivity index (χ3v) is 4.01. The molecule has 3 aromatic heterocycles. The van der Waals surface area contributed by atoms with Crippen molar-refractivity contribution >= 4 is 33.1 Å². The van der Waals surface area contributed by atoms with Gasteiger partial charge in [0, 0.05) is 6.20 Å². The zero-order valence-electron chi connectivity index (χ0n) is 13.2. The zero-order chi connectivity index (χ0) is 17.1. The van der Waals surface area contributed by atoms with E-state index in [-0.39, 0.29) is 24.1 Å². The smallest absolute Gasteiger partial charge is 0.262 e. The highest BCUT2D eigenvalue weighted by atomic mass is 32.1. The van der Waals surface area contributed by atoms with Crippen molar-refractivity contribution < 1.29 is 9.53 Å². The van der Waals surface area contributed by atoms with E-state index >= 15 is 0 Å². The second-order valence-corrected chi connectivity index (χ2v) is 6.30. The molecule has 24 heavy (non-hydrogen) atoms. The standard InChI is InChI=1S/C16H16N4O3S/c1-10(2)23-13-7-17-5-3-12(13)19-14(21)8-20-9-18-15-11(16(20)22)4-6-24-15/h3-7,9-10H,8H2,1-2H3,(H,17,19,21). The minimum Gasteiger partial charge on any atom is -0.487 e. The van der Waals surface area contributed by atoms with Crippen molar-refractivity contribution in [2.24, 2.45) is 0 Å². The SMILES string of the molecule is CC(C)Oc1cnccc1NC(=O)Cn1cnc2sccc2c1=O. The van der Waals surface area contributed by atoms with Crippen LogP contribution in [0.25, 0.3) is 10.2 Å². The number of nitrogens with zero attached hydrogens (tertiary/aromatic N) is 3. The average molecular weight is 344 g/mol. The number of thiophene rings is 1. The third kappa shape index (κ3) is 3.43. The van der Waals surface area contributed by atoms with Crippen LogP contribution in [0.3, 0.4) is 0 Å². The van der Waals surface area contributed by atoms with Gasteiger partial charge in [-0.05, 0) is 31.4 Å². The Kier molecular flexibility index (Phi) is 4.57. The Hall–Kier alpha value is -2.74. The number of hydrogen-bond donors (Lipinski definition) is 1. The van der Waals surface area contributed by atoms with Crippen LogP contribution in [0.15, 0.2) is 41.0 Å². The van der Waals surface area contributed by atoms with Crippen molar-refractivity contribution in [3.05, 3.63) is 46.6 Å². The molecule has 0 atom stereocenters. The van der Waals surface area contributed by atoms with E-state index in [0.29, 0.717) is 21.7 Å². The minimum atomic E-state index is -0.340. The maximum absolute atomic E-state index is 12.3. The van der Waals surface area contributed by atoms with Gasteiger partial charge in [-0.2, -0.15) is 0 Å². The van der Waals surface area contributed by atoms with Gasteiger partial charge in [-0.25, -0.2) is 4.98 Å². The Bertz CT molecular complexity index is 932. The van der Waals surface area contributed by atoms with Crippen LogP contribution in [0, 0.1) is 0 Å². The second-order valence-electron chi connectivity index (χ2n) is 5.40.